The summed E-state index contributed by atoms with van der Waals surface area (Å²) in [6.07, 6.45) is 6.04. The zero-order valence-corrected chi connectivity index (χ0v) is 11.8. The SMILES string of the molecule is CCCC(CCN)CCC(=O)NC1CCOC1C. The molecule has 4 nitrogen and oxygen atoms in total. The van der Waals surface area contributed by atoms with Gasteiger partial charge in [-0.1, -0.05) is 19.8 Å². The lowest BCUT2D eigenvalue weighted by molar-refractivity contribution is -0.122. The van der Waals surface area contributed by atoms with Gasteiger partial charge in [-0.15, -0.1) is 0 Å². The van der Waals surface area contributed by atoms with Crippen molar-refractivity contribution in [3.63, 3.8) is 0 Å². The van der Waals surface area contributed by atoms with Gasteiger partial charge in [0.15, 0.2) is 0 Å². The number of nitrogens with one attached hydrogen (secondary N) is 1. The van der Waals surface area contributed by atoms with Gasteiger partial charge < -0.3 is 15.8 Å². The molecule has 0 aromatic carbocycles. The van der Waals surface area contributed by atoms with Crippen molar-refractivity contribution in [2.75, 3.05) is 13.2 Å². The molecule has 0 aliphatic carbocycles. The van der Waals surface area contributed by atoms with Gasteiger partial charge in [0, 0.05) is 13.0 Å². The van der Waals surface area contributed by atoms with Crippen LogP contribution in [0.25, 0.3) is 0 Å². The number of hydrogen-bond donors (Lipinski definition) is 2. The second kappa shape index (κ2) is 8.48. The minimum absolute atomic E-state index is 0.157. The molecule has 0 aromatic heterocycles. The van der Waals surface area contributed by atoms with E-state index in [0.29, 0.717) is 12.3 Å². The molecule has 4 heteroatoms. The Morgan fingerprint density at radius 3 is 2.78 bits per heavy atom. The Morgan fingerprint density at radius 1 is 1.44 bits per heavy atom. The fraction of sp³-hybridized carbons (Fsp3) is 0.929. The Hall–Kier alpha value is -0.610. The monoisotopic (exact) mass is 256 g/mol. The predicted molar refractivity (Wildman–Crippen MR) is 73.3 cm³/mol. The average Bonchev–Trinajstić information content (AvgIpc) is 2.73. The standard InChI is InChI=1S/C14H28N2O2/c1-3-4-12(7-9-15)5-6-14(17)16-13-8-10-18-11(13)2/h11-13H,3-10,15H2,1-2H3,(H,16,17). The van der Waals surface area contributed by atoms with Crippen LogP contribution in [0, 0.1) is 5.92 Å². The van der Waals surface area contributed by atoms with E-state index in [1.165, 1.54) is 12.8 Å². The summed E-state index contributed by atoms with van der Waals surface area (Å²) in [6, 6.07) is 0.205. The van der Waals surface area contributed by atoms with E-state index in [2.05, 4.69) is 12.2 Å². The van der Waals surface area contributed by atoms with Crippen LogP contribution in [0.2, 0.25) is 0 Å². The van der Waals surface area contributed by atoms with Crippen LogP contribution in [0.4, 0.5) is 0 Å². The number of hydrogen-bond acceptors (Lipinski definition) is 3. The Labute approximate surface area is 111 Å². The summed E-state index contributed by atoms with van der Waals surface area (Å²) < 4.78 is 5.44. The van der Waals surface area contributed by atoms with Crippen molar-refractivity contribution in [1.29, 1.82) is 0 Å². The maximum atomic E-state index is 11.9. The molecule has 1 amide bonds. The van der Waals surface area contributed by atoms with Crippen molar-refractivity contribution < 1.29 is 9.53 Å². The summed E-state index contributed by atoms with van der Waals surface area (Å²) in [5.74, 6) is 0.762. The molecule has 0 saturated carbocycles. The van der Waals surface area contributed by atoms with Gasteiger partial charge in [-0.05, 0) is 38.6 Å². The van der Waals surface area contributed by atoms with Crippen LogP contribution in [0.5, 0.6) is 0 Å². The molecule has 3 N–H and O–H groups in total. The number of ether oxygens (including phenoxy) is 1. The van der Waals surface area contributed by atoms with Crippen molar-refractivity contribution in [1.82, 2.24) is 5.32 Å². The van der Waals surface area contributed by atoms with Crippen molar-refractivity contribution in [2.24, 2.45) is 11.7 Å². The van der Waals surface area contributed by atoms with Crippen molar-refractivity contribution >= 4 is 5.91 Å². The molecule has 3 atom stereocenters. The molecule has 0 spiro atoms. The molecule has 1 heterocycles. The third-order valence-electron chi connectivity index (χ3n) is 3.77. The van der Waals surface area contributed by atoms with Gasteiger partial charge in [0.05, 0.1) is 12.1 Å². The summed E-state index contributed by atoms with van der Waals surface area (Å²) in [5.41, 5.74) is 5.60. The third-order valence-corrected chi connectivity index (χ3v) is 3.77. The summed E-state index contributed by atoms with van der Waals surface area (Å²) in [4.78, 5) is 11.9. The van der Waals surface area contributed by atoms with Gasteiger partial charge in [-0.25, -0.2) is 0 Å². The summed E-state index contributed by atoms with van der Waals surface area (Å²) in [6.45, 7) is 5.69. The van der Waals surface area contributed by atoms with Crippen molar-refractivity contribution in [2.45, 2.75) is 64.5 Å². The van der Waals surface area contributed by atoms with E-state index >= 15 is 0 Å². The highest BCUT2D eigenvalue weighted by atomic mass is 16.5. The molecule has 1 aliphatic rings. The first-order valence-electron chi connectivity index (χ1n) is 7.28. The molecule has 1 aliphatic heterocycles. The highest BCUT2D eigenvalue weighted by molar-refractivity contribution is 5.76. The second-order valence-electron chi connectivity index (χ2n) is 5.31. The number of carbonyl (C=O) groups excluding carboxylic acids is 1. The molecule has 106 valence electrons. The normalized spacial score (nSPS) is 25.1. The van der Waals surface area contributed by atoms with E-state index in [9.17, 15) is 4.79 Å². The Bertz CT molecular complexity index is 240. The van der Waals surface area contributed by atoms with Crippen molar-refractivity contribution in [3.8, 4) is 0 Å². The molecule has 18 heavy (non-hydrogen) atoms. The maximum absolute atomic E-state index is 11.9. The van der Waals surface area contributed by atoms with Gasteiger partial charge in [-0.2, -0.15) is 0 Å². The highest BCUT2D eigenvalue weighted by Crippen LogP contribution is 2.18. The molecule has 0 bridgehead atoms. The summed E-state index contributed by atoms with van der Waals surface area (Å²) >= 11 is 0. The van der Waals surface area contributed by atoms with Gasteiger partial charge in [-0.3, -0.25) is 4.79 Å². The summed E-state index contributed by atoms with van der Waals surface area (Å²) in [5, 5.41) is 3.07. The first kappa shape index (κ1) is 15.4. The minimum atomic E-state index is 0.157. The molecule has 1 rings (SSSR count). The molecule has 3 unspecified atom stereocenters. The molecule has 0 aromatic rings. The largest absolute Gasteiger partial charge is 0.376 e. The second-order valence-corrected chi connectivity index (χ2v) is 5.31. The highest BCUT2D eigenvalue weighted by Gasteiger charge is 2.25. The molecule has 1 fully saturated rings. The number of nitrogens with two attached hydrogens (primary N) is 1. The van der Waals surface area contributed by atoms with Crippen LogP contribution in [0.1, 0.15) is 52.4 Å². The van der Waals surface area contributed by atoms with Gasteiger partial charge in [0.25, 0.3) is 0 Å². The molecule has 0 radical (unpaired) electrons. The van der Waals surface area contributed by atoms with Crippen LogP contribution in [-0.4, -0.2) is 31.2 Å². The van der Waals surface area contributed by atoms with E-state index in [1.54, 1.807) is 0 Å². The zero-order chi connectivity index (χ0) is 13.4. The number of amides is 1. The predicted octanol–water partition coefficient (Wildman–Crippen LogP) is 1.83. The van der Waals surface area contributed by atoms with Gasteiger partial charge >= 0.3 is 0 Å². The smallest absolute Gasteiger partial charge is 0.220 e. The molecular weight excluding hydrogens is 228 g/mol. The Kier molecular flexibility index (Phi) is 7.28. The van der Waals surface area contributed by atoms with Crippen LogP contribution in [-0.2, 0) is 9.53 Å². The Morgan fingerprint density at radius 2 is 2.22 bits per heavy atom. The van der Waals surface area contributed by atoms with Crippen LogP contribution >= 0.6 is 0 Å². The van der Waals surface area contributed by atoms with Gasteiger partial charge in [0.1, 0.15) is 0 Å². The topological polar surface area (TPSA) is 64.4 Å². The minimum Gasteiger partial charge on any atom is -0.376 e. The van der Waals surface area contributed by atoms with Crippen molar-refractivity contribution in [3.05, 3.63) is 0 Å². The third kappa shape index (κ3) is 5.36. The van der Waals surface area contributed by atoms with Crippen LogP contribution < -0.4 is 11.1 Å². The lowest BCUT2D eigenvalue weighted by Gasteiger charge is -2.18. The quantitative estimate of drug-likeness (QED) is 0.696. The van der Waals surface area contributed by atoms with Crippen LogP contribution in [0.3, 0.4) is 0 Å². The number of carbonyl (C=O) groups is 1. The molecular formula is C14H28N2O2. The zero-order valence-electron chi connectivity index (χ0n) is 11.8. The first-order valence-corrected chi connectivity index (χ1v) is 7.28. The first-order chi connectivity index (χ1) is 8.67. The Balaban J connectivity index is 2.22. The number of rotatable bonds is 8. The van der Waals surface area contributed by atoms with E-state index in [1.807, 2.05) is 6.92 Å². The molecule has 1 saturated heterocycles. The average molecular weight is 256 g/mol. The lowest BCUT2D eigenvalue weighted by Crippen LogP contribution is -2.39. The fourth-order valence-electron chi connectivity index (χ4n) is 2.61. The van der Waals surface area contributed by atoms with E-state index in [-0.39, 0.29) is 18.1 Å². The summed E-state index contributed by atoms with van der Waals surface area (Å²) in [7, 11) is 0. The lowest BCUT2D eigenvalue weighted by atomic mass is 9.94. The van der Waals surface area contributed by atoms with Gasteiger partial charge in [0.2, 0.25) is 5.91 Å². The van der Waals surface area contributed by atoms with E-state index < -0.39 is 0 Å². The fourth-order valence-corrected chi connectivity index (χ4v) is 2.61. The van der Waals surface area contributed by atoms with E-state index in [0.717, 1.165) is 32.4 Å². The maximum Gasteiger partial charge on any atom is 0.220 e. The van der Waals surface area contributed by atoms with Crippen LogP contribution in [0.15, 0.2) is 0 Å². The van der Waals surface area contributed by atoms with E-state index in [4.69, 9.17) is 10.5 Å².